The molecule has 3 heteroatoms. The van der Waals surface area contributed by atoms with Crippen LogP contribution in [0.25, 0.3) is 0 Å². The van der Waals surface area contributed by atoms with Crippen LogP contribution in [0.1, 0.15) is 46.0 Å². The molecule has 1 aliphatic heterocycles. The van der Waals surface area contributed by atoms with E-state index in [9.17, 15) is 9.90 Å². The molecule has 1 saturated heterocycles. The molecule has 88 valence electrons. The van der Waals surface area contributed by atoms with E-state index in [1.807, 2.05) is 4.90 Å². The van der Waals surface area contributed by atoms with Gasteiger partial charge >= 0.3 is 0 Å². The van der Waals surface area contributed by atoms with Crippen molar-refractivity contribution in [3.05, 3.63) is 0 Å². The zero-order chi connectivity index (χ0) is 11.3. The molecule has 1 rings (SSSR count). The van der Waals surface area contributed by atoms with Gasteiger partial charge in [0.05, 0.1) is 6.10 Å². The maximum absolute atomic E-state index is 11.7. The van der Waals surface area contributed by atoms with Crippen molar-refractivity contribution >= 4 is 5.91 Å². The van der Waals surface area contributed by atoms with E-state index in [4.69, 9.17) is 0 Å². The van der Waals surface area contributed by atoms with Crippen molar-refractivity contribution in [3.63, 3.8) is 0 Å². The Bertz CT molecular complexity index is 204. The third-order valence-electron chi connectivity index (χ3n) is 3.32. The number of likely N-dealkylation sites (tertiary alicyclic amines) is 1. The highest BCUT2D eigenvalue weighted by molar-refractivity contribution is 5.76. The lowest BCUT2D eigenvalue weighted by molar-refractivity contribution is -0.130. The molecule has 0 bridgehead atoms. The maximum Gasteiger partial charge on any atom is 0.222 e. The quantitative estimate of drug-likeness (QED) is 0.773. The Kier molecular flexibility index (Phi) is 5.09. The Balaban J connectivity index is 2.39. The second-order valence-corrected chi connectivity index (χ2v) is 4.62. The molecule has 0 saturated carbocycles. The summed E-state index contributed by atoms with van der Waals surface area (Å²) in [5.74, 6) is 0.983. The molecule has 0 radical (unpaired) electrons. The van der Waals surface area contributed by atoms with Crippen LogP contribution in [0.4, 0.5) is 0 Å². The van der Waals surface area contributed by atoms with E-state index in [0.717, 1.165) is 19.4 Å². The van der Waals surface area contributed by atoms with Crippen molar-refractivity contribution in [1.29, 1.82) is 0 Å². The van der Waals surface area contributed by atoms with Gasteiger partial charge in [-0.2, -0.15) is 0 Å². The van der Waals surface area contributed by atoms with Crippen LogP contribution in [0.5, 0.6) is 0 Å². The van der Waals surface area contributed by atoms with Gasteiger partial charge in [-0.3, -0.25) is 4.79 Å². The largest absolute Gasteiger partial charge is 0.393 e. The molecule has 1 fully saturated rings. The summed E-state index contributed by atoms with van der Waals surface area (Å²) in [6, 6.07) is 0. The summed E-state index contributed by atoms with van der Waals surface area (Å²) in [6.45, 7) is 5.56. The molecule has 0 aromatic carbocycles. The van der Waals surface area contributed by atoms with E-state index in [1.54, 1.807) is 6.92 Å². The zero-order valence-electron chi connectivity index (χ0n) is 9.91. The number of amides is 1. The van der Waals surface area contributed by atoms with Crippen LogP contribution >= 0.6 is 0 Å². The van der Waals surface area contributed by atoms with Gasteiger partial charge < -0.3 is 10.0 Å². The maximum atomic E-state index is 11.7. The van der Waals surface area contributed by atoms with Gasteiger partial charge in [-0.25, -0.2) is 0 Å². The summed E-state index contributed by atoms with van der Waals surface area (Å²) in [7, 11) is 0. The highest BCUT2D eigenvalue weighted by Crippen LogP contribution is 2.21. The summed E-state index contributed by atoms with van der Waals surface area (Å²) in [5.41, 5.74) is 0. The Hall–Kier alpha value is -0.570. The number of nitrogens with zero attached hydrogens (tertiary/aromatic N) is 1. The van der Waals surface area contributed by atoms with Crippen LogP contribution in [0.3, 0.4) is 0 Å². The van der Waals surface area contributed by atoms with Gasteiger partial charge in [0.2, 0.25) is 5.91 Å². The molecule has 2 atom stereocenters. The van der Waals surface area contributed by atoms with E-state index in [0.29, 0.717) is 25.3 Å². The fourth-order valence-corrected chi connectivity index (χ4v) is 2.08. The number of carbonyl (C=O) groups excluding carboxylic acids is 1. The van der Waals surface area contributed by atoms with E-state index in [-0.39, 0.29) is 12.0 Å². The SMILES string of the molecule is CCC1CCC(=O)N(CCC(C)O)CC1. The molecule has 1 N–H and O–H groups in total. The Morgan fingerprint density at radius 1 is 1.53 bits per heavy atom. The first-order valence-corrected chi connectivity index (χ1v) is 6.09. The summed E-state index contributed by atoms with van der Waals surface area (Å²) in [6.07, 6.45) is 4.43. The molecule has 0 spiro atoms. The minimum absolute atomic E-state index is 0.270. The van der Waals surface area contributed by atoms with Crippen molar-refractivity contribution in [2.75, 3.05) is 13.1 Å². The molecule has 0 aromatic heterocycles. The van der Waals surface area contributed by atoms with E-state index >= 15 is 0 Å². The Morgan fingerprint density at radius 2 is 2.27 bits per heavy atom. The molecule has 0 aromatic rings. The van der Waals surface area contributed by atoms with Crippen LogP contribution in [0, 0.1) is 5.92 Å². The third-order valence-corrected chi connectivity index (χ3v) is 3.32. The molecule has 1 heterocycles. The number of carbonyl (C=O) groups is 1. The average molecular weight is 213 g/mol. The molecule has 2 unspecified atom stereocenters. The third kappa shape index (κ3) is 4.20. The standard InChI is InChI=1S/C12H23NO2/c1-3-11-4-5-12(15)13(9-7-11)8-6-10(2)14/h10-11,14H,3-9H2,1-2H3. The molecule has 3 nitrogen and oxygen atoms in total. The highest BCUT2D eigenvalue weighted by atomic mass is 16.3. The zero-order valence-corrected chi connectivity index (χ0v) is 9.91. The van der Waals surface area contributed by atoms with Crippen LogP contribution < -0.4 is 0 Å². The van der Waals surface area contributed by atoms with Crippen LogP contribution in [0.2, 0.25) is 0 Å². The first-order chi connectivity index (χ1) is 7.13. The molecule has 15 heavy (non-hydrogen) atoms. The summed E-state index contributed by atoms with van der Waals surface area (Å²) >= 11 is 0. The van der Waals surface area contributed by atoms with Crippen molar-refractivity contribution in [2.45, 2.75) is 52.1 Å². The lowest BCUT2D eigenvalue weighted by atomic mass is 9.98. The van der Waals surface area contributed by atoms with Crippen molar-refractivity contribution < 1.29 is 9.90 Å². The fourth-order valence-electron chi connectivity index (χ4n) is 2.08. The fraction of sp³-hybridized carbons (Fsp3) is 0.917. The lowest BCUT2D eigenvalue weighted by Crippen LogP contribution is -2.32. The predicted molar refractivity (Wildman–Crippen MR) is 60.5 cm³/mol. The highest BCUT2D eigenvalue weighted by Gasteiger charge is 2.21. The van der Waals surface area contributed by atoms with Crippen molar-refractivity contribution in [1.82, 2.24) is 4.90 Å². The van der Waals surface area contributed by atoms with E-state index in [1.165, 1.54) is 6.42 Å². The minimum Gasteiger partial charge on any atom is -0.393 e. The lowest BCUT2D eigenvalue weighted by Gasteiger charge is -2.21. The Morgan fingerprint density at radius 3 is 2.87 bits per heavy atom. The van der Waals surface area contributed by atoms with Gasteiger partial charge in [-0.15, -0.1) is 0 Å². The number of aliphatic hydroxyl groups is 1. The van der Waals surface area contributed by atoms with Crippen molar-refractivity contribution in [3.8, 4) is 0 Å². The molecular formula is C12H23NO2. The minimum atomic E-state index is -0.303. The van der Waals surface area contributed by atoms with Gasteiger partial charge in [0.1, 0.15) is 0 Å². The van der Waals surface area contributed by atoms with Crippen LogP contribution in [0.15, 0.2) is 0 Å². The first-order valence-electron chi connectivity index (χ1n) is 6.09. The second-order valence-electron chi connectivity index (χ2n) is 4.62. The van der Waals surface area contributed by atoms with Crippen molar-refractivity contribution in [2.24, 2.45) is 5.92 Å². The Labute approximate surface area is 92.5 Å². The average Bonchev–Trinajstić information content (AvgIpc) is 2.37. The number of aliphatic hydroxyl groups excluding tert-OH is 1. The number of hydrogen-bond donors (Lipinski definition) is 1. The molecule has 0 aliphatic carbocycles. The van der Waals surface area contributed by atoms with E-state index in [2.05, 4.69) is 6.92 Å². The van der Waals surface area contributed by atoms with Gasteiger partial charge in [0, 0.05) is 19.5 Å². The monoisotopic (exact) mass is 213 g/mol. The molecule has 1 amide bonds. The summed E-state index contributed by atoms with van der Waals surface area (Å²) in [4.78, 5) is 13.7. The van der Waals surface area contributed by atoms with Crippen LogP contribution in [-0.4, -0.2) is 35.1 Å². The predicted octanol–water partition coefficient (Wildman–Crippen LogP) is 1.80. The number of hydrogen-bond acceptors (Lipinski definition) is 2. The van der Waals surface area contributed by atoms with Gasteiger partial charge in [-0.05, 0) is 32.1 Å². The topological polar surface area (TPSA) is 40.5 Å². The van der Waals surface area contributed by atoms with Gasteiger partial charge in [0.15, 0.2) is 0 Å². The first kappa shape index (κ1) is 12.5. The molecular weight excluding hydrogens is 190 g/mol. The van der Waals surface area contributed by atoms with Crippen LogP contribution in [-0.2, 0) is 4.79 Å². The second kappa shape index (κ2) is 6.11. The summed E-state index contributed by atoms with van der Waals surface area (Å²) in [5, 5.41) is 9.20. The number of rotatable bonds is 4. The van der Waals surface area contributed by atoms with Gasteiger partial charge in [-0.1, -0.05) is 13.3 Å². The van der Waals surface area contributed by atoms with E-state index < -0.39 is 0 Å². The smallest absolute Gasteiger partial charge is 0.222 e. The normalized spacial score (nSPS) is 25.1. The molecule has 1 aliphatic rings. The summed E-state index contributed by atoms with van der Waals surface area (Å²) < 4.78 is 0. The van der Waals surface area contributed by atoms with Gasteiger partial charge in [0.25, 0.3) is 0 Å².